The molecule has 5 heteroatoms. The summed E-state index contributed by atoms with van der Waals surface area (Å²) in [4.78, 5) is 33.9. The van der Waals surface area contributed by atoms with Crippen molar-refractivity contribution in [2.24, 2.45) is 0 Å². The maximum atomic E-state index is 12.4. The first-order valence-electron chi connectivity index (χ1n) is 5.77. The summed E-state index contributed by atoms with van der Waals surface area (Å²) in [6, 6.07) is 13.1. The third-order valence-corrected chi connectivity index (χ3v) is 2.86. The molecule has 2 aromatic rings. The van der Waals surface area contributed by atoms with Crippen LogP contribution < -0.4 is 5.32 Å². The highest BCUT2D eigenvalue weighted by molar-refractivity contribution is 6.32. The molecule has 1 amide bonds. The first-order valence-corrected chi connectivity index (χ1v) is 6.15. The molecule has 0 saturated heterocycles. The van der Waals surface area contributed by atoms with Crippen molar-refractivity contribution in [2.45, 2.75) is 0 Å². The van der Waals surface area contributed by atoms with Gasteiger partial charge in [-0.15, -0.1) is 0 Å². The zero-order valence-corrected chi connectivity index (χ0v) is 11.1. The van der Waals surface area contributed by atoms with Gasteiger partial charge >= 0.3 is 0 Å². The van der Waals surface area contributed by atoms with Gasteiger partial charge in [-0.25, -0.2) is 0 Å². The predicted molar refractivity (Wildman–Crippen MR) is 76.0 cm³/mol. The van der Waals surface area contributed by atoms with Crippen LogP contribution >= 0.6 is 11.6 Å². The van der Waals surface area contributed by atoms with E-state index in [1.54, 1.807) is 30.3 Å². The first-order chi connectivity index (χ1) is 9.61. The van der Waals surface area contributed by atoms with Gasteiger partial charge in [-0.2, -0.15) is 0 Å². The van der Waals surface area contributed by atoms with Crippen molar-refractivity contribution in [2.75, 3.05) is 5.32 Å². The Hall–Kier alpha value is -2.46. The fourth-order valence-corrected chi connectivity index (χ4v) is 1.89. The van der Waals surface area contributed by atoms with Gasteiger partial charge in [-0.05, 0) is 18.2 Å². The second kappa shape index (κ2) is 6.12. The van der Waals surface area contributed by atoms with Crippen molar-refractivity contribution in [1.82, 2.24) is 0 Å². The van der Waals surface area contributed by atoms with E-state index in [-0.39, 0.29) is 23.3 Å². The minimum atomic E-state index is -0.825. The van der Waals surface area contributed by atoms with Crippen LogP contribution in [0.4, 0.5) is 5.69 Å². The molecule has 4 nitrogen and oxygen atoms in total. The Labute approximate surface area is 120 Å². The molecule has 100 valence electrons. The molecular weight excluding hydrogens is 278 g/mol. The molecule has 0 atom stereocenters. The van der Waals surface area contributed by atoms with E-state index in [1.807, 2.05) is 0 Å². The number of carbonyl (C=O) groups is 3. The van der Waals surface area contributed by atoms with E-state index in [0.717, 1.165) is 0 Å². The van der Waals surface area contributed by atoms with Crippen molar-refractivity contribution >= 4 is 35.3 Å². The summed E-state index contributed by atoms with van der Waals surface area (Å²) in [5.41, 5.74) is 0.954. The quantitative estimate of drug-likeness (QED) is 0.534. The van der Waals surface area contributed by atoms with E-state index in [0.29, 0.717) is 10.6 Å². The molecule has 0 aromatic heterocycles. The highest BCUT2D eigenvalue weighted by atomic mass is 35.5. The average molecular weight is 288 g/mol. The normalized spacial score (nSPS) is 9.85. The third kappa shape index (κ3) is 3.10. The van der Waals surface area contributed by atoms with E-state index in [1.165, 1.54) is 18.2 Å². The molecule has 0 aliphatic heterocycles. The van der Waals surface area contributed by atoms with E-state index in [9.17, 15) is 14.4 Å². The Morgan fingerprint density at radius 1 is 1.05 bits per heavy atom. The smallest absolute Gasteiger partial charge is 0.288 e. The number of carbonyl (C=O) groups excluding carboxylic acids is 3. The van der Waals surface area contributed by atoms with Crippen molar-refractivity contribution < 1.29 is 14.4 Å². The first kappa shape index (κ1) is 14.0. The highest BCUT2D eigenvalue weighted by Gasteiger charge is 2.15. The summed E-state index contributed by atoms with van der Waals surface area (Å²) < 4.78 is 0. The molecular formula is C15H10ClNO3. The van der Waals surface area contributed by atoms with Gasteiger partial charge in [0, 0.05) is 16.1 Å². The van der Waals surface area contributed by atoms with Crippen LogP contribution in [-0.4, -0.2) is 18.0 Å². The summed E-state index contributed by atoms with van der Waals surface area (Å²) in [5.74, 6) is -1.11. The number of ketones is 1. The van der Waals surface area contributed by atoms with E-state index in [4.69, 9.17) is 11.6 Å². The van der Waals surface area contributed by atoms with Gasteiger partial charge < -0.3 is 5.32 Å². The fraction of sp³-hybridized carbons (Fsp3) is 0. The molecule has 0 bridgehead atoms. The van der Waals surface area contributed by atoms with Crippen LogP contribution in [0.2, 0.25) is 5.02 Å². The Morgan fingerprint density at radius 3 is 2.40 bits per heavy atom. The van der Waals surface area contributed by atoms with E-state index < -0.39 is 5.91 Å². The lowest BCUT2D eigenvalue weighted by molar-refractivity contribution is -0.127. The number of hydrogen-bond donors (Lipinski definition) is 1. The topological polar surface area (TPSA) is 63.2 Å². The number of halogens is 1. The number of benzene rings is 2. The summed E-state index contributed by atoms with van der Waals surface area (Å²) in [6.07, 6.45) is 0.144. The minimum absolute atomic E-state index is 0.144. The number of nitrogens with one attached hydrogen (secondary N) is 1. The van der Waals surface area contributed by atoms with Crippen LogP contribution in [0.25, 0.3) is 0 Å². The van der Waals surface area contributed by atoms with Gasteiger partial charge in [0.1, 0.15) is 0 Å². The number of amides is 1. The maximum absolute atomic E-state index is 12.4. The molecule has 0 aliphatic rings. The summed E-state index contributed by atoms with van der Waals surface area (Å²) >= 11 is 5.88. The molecule has 0 aliphatic carbocycles. The van der Waals surface area contributed by atoms with E-state index >= 15 is 0 Å². The van der Waals surface area contributed by atoms with Gasteiger partial charge in [0.25, 0.3) is 5.91 Å². The maximum Gasteiger partial charge on any atom is 0.288 e. The minimum Gasteiger partial charge on any atom is -0.319 e. The second-order valence-corrected chi connectivity index (χ2v) is 4.43. The van der Waals surface area contributed by atoms with Gasteiger partial charge in [-0.3, -0.25) is 14.4 Å². The molecule has 0 heterocycles. The second-order valence-electron chi connectivity index (χ2n) is 3.99. The Morgan fingerprint density at radius 2 is 1.75 bits per heavy atom. The molecule has 20 heavy (non-hydrogen) atoms. The monoisotopic (exact) mass is 287 g/mol. The average Bonchev–Trinajstić information content (AvgIpc) is 2.49. The molecule has 1 N–H and O–H groups in total. The summed E-state index contributed by atoms with van der Waals surface area (Å²) in [7, 11) is 0. The van der Waals surface area contributed by atoms with Crippen molar-refractivity contribution in [1.29, 1.82) is 0 Å². The molecule has 2 rings (SSSR count). The van der Waals surface area contributed by atoms with Crippen LogP contribution in [0.1, 0.15) is 15.9 Å². The lowest BCUT2D eigenvalue weighted by Crippen LogP contribution is -2.15. The van der Waals surface area contributed by atoms with Crippen LogP contribution in [0, 0.1) is 0 Å². The van der Waals surface area contributed by atoms with Gasteiger partial charge in [0.15, 0.2) is 5.78 Å². The Bertz CT molecular complexity index is 668. The number of rotatable bonds is 4. The molecule has 0 unspecified atom stereocenters. The molecule has 0 saturated carbocycles. The largest absolute Gasteiger partial charge is 0.319 e. The Balaban J connectivity index is 2.44. The number of aldehydes is 1. The SMILES string of the molecule is O=CC(=O)Nc1ccc(Cl)cc1C(=O)c1ccccc1. The summed E-state index contributed by atoms with van der Waals surface area (Å²) in [6.45, 7) is 0. The number of hydrogen-bond acceptors (Lipinski definition) is 3. The lowest BCUT2D eigenvalue weighted by atomic mass is 10.0. The summed E-state index contributed by atoms with van der Waals surface area (Å²) in [5, 5.41) is 2.72. The zero-order chi connectivity index (χ0) is 14.5. The van der Waals surface area contributed by atoms with E-state index in [2.05, 4.69) is 5.32 Å². The van der Waals surface area contributed by atoms with Crippen molar-refractivity contribution in [3.8, 4) is 0 Å². The zero-order valence-electron chi connectivity index (χ0n) is 10.3. The third-order valence-electron chi connectivity index (χ3n) is 2.63. The van der Waals surface area contributed by atoms with Gasteiger partial charge in [0.2, 0.25) is 6.29 Å². The number of anilines is 1. The molecule has 0 radical (unpaired) electrons. The van der Waals surface area contributed by atoms with Gasteiger partial charge in [-0.1, -0.05) is 41.9 Å². The van der Waals surface area contributed by atoms with Crippen LogP contribution in [0.5, 0.6) is 0 Å². The van der Waals surface area contributed by atoms with Crippen molar-refractivity contribution in [3.63, 3.8) is 0 Å². The van der Waals surface area contributed by atoms with Crippen LogP contribution in [-0.2, 0) is 9.59 Å². The fourth-order valence-electron chi connectivity index (χ4n) is 1.72. The highest BCUT2D eigenvalue weighted by Crippen LogP contribution is 2.23. The molecule has 2 aromatic carbocycles. The Kier molecular flexibility index (Phi) is 4.27. The molecule has 0 fully saturated rings. The standard InChI is InChI=1S/C15H10ClNO3/c16-11-6-7-13(17-14(19)9-18)12(8-11)15(20)10-4-2-1-3-5-10/h1-9H,(H,17,19). The lowest BCUT2D eigenvalue weighted by Gasteiger charge is -2.09. The van der Waals surface area contributed by atoms with Gasteiger partial charge in [0.05, 0.1) is 5.69 Å². The van der Waals surface area contributed by atoms with Crippen LogP contribution in [0.3, 0.4) is 0 Å². The van der Waals surface area contributed by atoms with Crippen molar-refractivity contribution in [3.05, 3.63) is 64.7 Å². The van der Waals surface area contributed by atoms with Crippen LogP contribution in [0.15, 0.2) is 48.5 Å². The predicted octanol–water partition coefficient (Wildman–Crippen LogP) is 2.71. The molecule has 0 spiro atoms.